The van der Waals surface area contributed by atoms with Crippen molar-refractivity contribution < 1.29 is 40.4 Å². The second-order valence-corrected chi connectivity index (χ2v) is 8.20. The molecule has 0 aromatic carbocycles. The molecule has 2 bridgehead atoms. The number of hydrogen-bond acceptors (Lipinski definition) is 5. The van der Waals surface area contributed by atoms with Crippen LogP contribution in [0.5, 0.6) is 0 Å². The van der Waals surface area contributed by atoms with E-state index in [0.717, 1.165) is 25.7 Å². The molecule has 2 aliphatic rings. The van der Waals surface area contributed by atoms with E-state index in [4.69, 9.17) is 9.29 Å². The summed E-state index contributed by atoms with van der Waals surface area (Å²) in [6.45, 7) is 3.15. The summed E-state index contributed by atoms with van der Waals surface area (Å²) in [6, 6.07) is 0. The molecule has 2 saturated carbocycles. The van der Waals surface area contributed by atoms with E-state index < -0.39 is 33.5 Å². The molecule has 23 heavy (non-hydrogen) atoms. The molecule has 4 atom stereocenters. The quantitative estimate of drug-likeness (QED) is 0.598. The Kier molecular flexibility index (Phi) is 4.62. The SMILES string of the molecule is CC(C)(OC(=O)OC(F)C(F)(F)S(=O)(=O)O)C1CC2CCC1C2. The molecular weight excluding hydrogens is 341 g/mol. The van der Waals surface area contributed by atoms with Crippen LogP contribution in [0.2, 0.25) is 0 Å². The fourth-order valence-electron chi connectivity index (χ4n) is 3.68. The maximum absolute atomic E-state index is 13.2. The number of rotatable bonds is 5. The minimum absolute atomic E-state index is 0.00828. The summed E-state index contributed by atoms with van der Waals surface area (Å²) in [4.78, 5) is 11.5. The second kappa shape index (κ2) is 5.80. The van der Waals surface area contributed by atoms with Gasteiger partial charge in [-0.2, -0.15) is 21.6 Å². The van der Waals surface area contributed by atoms with Crippen molar-refractivity contribution in [3.05, 3.63) is 0 Å². The fourth-order valence-corrected chi connectivity index (χ4v) is 3.96. The van der Waals surface area contributed by atoms with Crippen LogP contribution in [0, 0.1) is 17.8 Å². The Balaban J connectivity index is 1.96. The zero-order valence-electron chi connectivity index (χ0n) is 12.7. The van der Waals surface area contributed by atoms with Crippen LogP contribution in [0.3, 0.4) is 0 Å². The molecule has 0 spiro atoms. The van der Waals surface area contributed by atoms with Crippen LogP contribution in [0.15, 0.2) is 0 Å². The predicted molar refractivity (Wildman–Crippen MR) is 72.0 cm³/mol. The molecule has 134 valence electrons. The number of hydrogen-bond donors (Lipinski definition) is 1. The van der Waals surface area contributed by atoms with E-state index in [1.165, 1.54) is 0 Å². The number of alkyl halides is 3. The Hall–Kier alpha value is -1.03. The summed E-state index contributed by atoms with van der Waals surface area (Å²) in [5.41, 5.74) is -1.05. The smallest absolute Gasteiger partial charge is 0.428 e. The van der Waals surface area contributed by atoms with Crippen molar-refractivity contribution in [1.82, 2.24) is 0 Å². The Morgan fingerprint density at radius 1 is 1.26 bits per heavy atom. The van der Waals surface area contributed by atoms with E-state index >= 15 is 0 Å². The van der Waals surface area contributed by atoms with Crippen LogP contribution in [-0.2, 0) is 19.6 Å². The molecule has 0 radical (unpaired) electrons. The van der Waals surface area contributed by atoms with E-state index in [2.05, 4.69) is 4.74 Å². The monoisotopic (exact) mass is 360 g/mol. The highest BCUT2D eigenvalue weighted by Gasteiger charge is 2.56. The lowest BCUT2D eigenvalue weighted by molar-refractivity contribution is -0.152. The molecule has 2 aliphatic carbocycles. The number of carbonyl (C=O) groups excluding carboxylic acids is 1. The Labute approximate surface area is 132 Å². The zero-order chi connectivity index (χ0) is 17.6. The molecular formula is C13H19F3O6S. The lowest BCUT2D eigenvalue weighted by Gasteiger charge is -2.36. The Morgan fingerprint density at radius 2 is 1.87 bits per heavy atom. The van der Waals surface area contributed by atoms with Crippen molar-refractivity contribution in [2.24, 2.45) is 17.8 Å². The topological polar surface area (TPSA) is 89.9 Å². The standard InChI is InChI=1S/C13H19F3O6S/c1-12(2,9-6-7-3-4-8(9)5-7)22-11(17)21-10(14)13(15,16)23(18,19)20/h7-10H,3-6H2,1-2H3,(H,18,19,20). The van der Waals surface area contributed by atoms with Gasteiger partial charge in [-0.15, -0.1) is 0 Å². The van der Waals surface area contributed by atoms with Gasteiger partial charge in [0.05, 0.1) is 0 Å². The fraction of sp³-hybridized carbons (Fsp3) is 0.923. The van der Waals surface area contributed by atoms with Crippen LogP contribution in [-0.4, -0.2) is 36.3 Å². The van der Waals surface area contributed by atoms with Crippen molar-refractivity contribution >= 4 is 16.3 Å². The first-order valence-electron chi connectivity index (χ1n) is 7.23. The summed E-state index contributed by atoms with van der Waals surface area (Å²) in [6.07, 6.45) is -1.67. The Bertz CT molecular complexity index is 576. The molecule has 4 unspecified atom stereocenters. The predicted octanol–water partition coefficient (Wildman–Crippen LogP) is 3.13. The van der Waals surface area contributed by atoms with Gasteiger partial charge < -0.3 is 9.47 Å². The molecule has 10 heteroatoms. The van der Waals surface area contributed by atoms with Gasteiger partial charge in [0.25, 0.3) is 0 Å². The maximum Gasteiger partial charge on any atom is 0.511 e. The van der Waals surface area contributed by atoms with Crippen LogP contribution in [0.25, 0.3) is 0 Å². The average Bonchev–Trinajstić information content (AvgIpc) is 2.98. The summed E-state index contributed by atoms with van der Waals surface area (Å²) in [5.74, 6) is 0.902. The van der Waals surface area contributed by atoms with Gasteiger partial charge in [-0.3, -0.25) is 4.55 Å². The van der Waals surface area contributed by atoms with Crippen molar-refractivity contribution in [2.75, 3.05) is 0 Å². The summed E-state index contributed by atoms with van der Waals surface area (Å²) in [5, 5.41) is -5.26. The van der Waals surface area contributed by atoms with Crippen molar-refractivity contribution in [1.29, 1.82) is 0 Å². The molecule has 0 aromatic rings. The molecule has 0 aliphatic heterocycles. The van der Waals surface area contributed by atoms with Crippen LogP contribution >= 0.6 is 0 Å². The third kappa shape index (κ3) is 3.57. The summed E-state index contributed by atoms with van der Waals surface area (Å²) in [7, 11) is -6.05. The van der Waals surface area contributed by atoms with Gasteiger partial charge in [0.15, 0.2) is 0 Å². The van der Waals surface area contributed by atoms with Crippen molar-refractivity contribution in [3.8, 4) is 0 Å². The first kappa shape index (κ1) is 18.3. The van der Waals surface area contributed by atoms with Gasteiger partial charge >= 0.3 is 27.9 Å². The van der Waals surface area contributed by atoms with Gasteiger partial charge in [0.2, 0.25) is 0 Å². The molecule has 0 saturated heterocycles. The normalized spacial score (nSPS) is 29.4. The van der Waals surface area contributed by atoms with E-state index in [1.807, 2.05) is 0 Å². The van der Waals surface area contributed by atoms with Gasteiger partial charge in [-0.1, -0.05) is 6.42 Å². The average molecular weight is 360 g/mol. The minimum Gasteiger partial charge on any atom is -0.428 e. The number of halogens is 3. The maximum atomic E-state index is 13.2. The molecule has 2 rings (SSSR count). The molecule has 0 heterocycles. The molecule has 0 aromatic heterocycles. The van der Waals surface area contributed by atoms with Crippen LogP contribution in [0.1, 0.15) is 39.5 Å². The lowest BCUT2D eigenvalue weighted by atomic mass is 9.78. The molecule has 0 amide bonds. The molecule has 1 N–H and O–H groups in total. The van der Waals surface area contributed by atoms with Crippen LogP contribution in [0.4, 0.5) is 18.0 Å². The number of carbonyl (C=O) groups is 1. The lowest BCUT2D eigenvalue weighted by Crippen LogP contribution is -2.44. The molecule has 2 fully saturated rings. The summed E-state index contributed by atoms with van der Waals surface area (Å²) < 4.78 is 76.9. The molecule has 6 nitrogen and oxygen atoms in total. The van der Waals surface area contributed by atoms with Gasteiger partial charge in [-0.05, 0) is 44.9 Å². The van der Waals surface area contributed by atoms with Gasteiger partial charge in [-0.25, -0.2) is 4.79 Å². The van der Waals surface area contributed by atoms with Gasteiger partial charge in [0.1, 0.15) is 5.60 Å². The third-order valence-corrected chi connectivity index (χ3v) is 5.66. The van der Waals surface area contributed by atoms with Crippen molar-refractivity contribution in [3.63, 3.8) is 0 Å². The van der Waals surface area contributed by atoms with E-state index in [9.17, 15) is 26.4 Å². The highest BCUT2D eigenvalue weighted by atomic mass is 32.2. The van der Waals surface area contributed by atoms with E-state index in [0.29, 0.717) is 11.8 Å². The largest absolute Gasteiger partial charge is 0.511 e. The Morgan fingerprint density at radius 3 is 2.30 bits per heavy atom. The van der Waals surface area contributed by atoms with Gasteiger partial charge in [0, 0.05) is 5.92 Å². The van der Waals surface area contributed by atoms with Crippen molar-refractivity contribution in [2.45, 2.75) is 56.7 Å². The minimum atomic E-state index is -6.05. The highest BCUT2D eigenvalue weighted by Crippen LogP contribution is 2.53. The second-order valence-electron chi connectivity index (χ2n) is 6.71. The third-order valence-electron chi connectivity index (χ3n) is 4.79. The van der Waals surface area contributed by atoms with E-state index in [1.54, 1.807) is 13.8 Å². The first-order chi connectivity index (χ1) is 10.3. The first-order valence-corrected chi connectivity index (χ1v) is 8.67. The zero-order valence-corrected chi connectivity index (χ0v) is 13.5. The number of fused-ring (bicyclic) bond motifs is 2. The highest BCUT2D eigenvalue weighted by molar-refractivity contribution is 7.86. The summed E-state index contributed by atoms with van der Waals surface area (Å²) >= 11 is 0. The number of ether oxygens (including phenoxy) is 2. The van der Waals surface area contributed by atoms with Crippen LogP contribution < -0.4 is 0 Å². The van der Waals surface area contributed by atoms with E-state index in [-0.39, 0.29) is 5.92 Å².